The fourth-order valence-electron chi connectivity index (χ4n) is 3.58. The number of carbonyl (C=O) groups is 1. The van der Waals surface area contributed by atoms with Crippen molar-refractivity contribution in [2.24, 2.45) is 5.92 Å². The van der Waals surface area contributed by atoms with Crippen LogP contribution in [0.1, 0.15) is 48.9 Å². The Labute approximate surface area is 119 Å². The number of likely N-dealkylation sites (tertiary alicyclic amines) is 1. The standard InChI is InChI=1S/C15H19ClN2O/c16-14-12(7-3-9-17-14)15(19)18-10-4-6-11-5-1-2-8-13(11)18/h3,7,9,11,13H,1-2,4-6,8,10H2/t11-,13-/m1/s1. The minimum absolute atomic E-state index is 0.0645. The van der Waals surface area contributed by atoms with Crippen molar-refractivity contribution in [1.82, 2.24) is 9.88 Å². The van der Waals surface area contributed by atoms with E-state index in [9.17, 15) is 4.79 Å². The fourth-order valence-corrected chi connectivity index (χ4v) is 3.78. The van der Waals surface area contributed by atoms with Gasteiger partial charge in [0, 0.05) is 18.8 Å². The zero-order valence-corrected chi connectivity index (χ0v) is 11.8. The van der Waals surface area contributed by atoms with Crippen molar-refractivity contribution in [2.45, 2.75) is 44.6 Å². The Morgan fingerprint density at radius 1 is 1.26 bits per heavy atom. The first-order chi connectivity index (χ1) is 9.27. The van der Waals surface area contributed by atoms with Crippen molar-refractivity contribution in [1.29, 1.82) is 0 Å². The summed E-state index contributed by atoms with van der Waals surface area (Å²) < 4.78 is 0. The minimum atomic E-state index is 0.0645. The zero-order chi connectivity index (χ0) is 13.2. The van der Waals surface area contributed by atoms with E-state index in [-0.39, 0.29) is 5.91 Å². The van der Waals surface area contributed by atoms with Gasteiger partial charge in [-0.1, -0.05) is 24.4 Å². The number of halogens is 1. The summed E-state index contributed by atoms with van der Waals surface area (Å²) >= 11 is 6.05. The molecule has 0 N–H and O–H groups in total. The van der Waals surface area contributed by atoms with Gasteiger partial charge in [-0.2, -0.15) is 0 Å². The smallest absolute Gasteiger partial charge is 0.257 e. The molecule has 1 aliphatic heterocycles. The van der Waals surface area contributed by atoms with Gasteiger partial charge in [0.15, 0.2) is 0 Å². The van der Waals surface area contributed by atoms with Crippen molar-refractivity contribution in [3.8, 4) is 0 Å². The number of nitrogens with zero attached hydrogens (tertiary/aromatic N) is 2. The van der Waals surface area contributed by atoms with Crippen molar-refractivity contribution in [3.05, 3.63) is 29.0 Å². The molecule has 0 bridgehead atoms. The molecule has 1 aromatic rings. The van der Waals surface area contributed by atoms with Crippen molar-refractivity contribution in [2.75, 3.05) is 6.54 Å². The summed E-state index contributed by atoms with van der Waals surface area (Å²) in [5.41, 5.74) is 0.551. The van der Waals surface area contributed by atoms with E-state index in [0.717, 1.165) is 19.4 Å². The summed E-state index contributed by atoms with van der Waals surface area (Å²) in [5, 5.41) is 0.324. The molecule has 0 spiro atoms. The molecule has 102 valence electrons. The monoisotopic (exact) mass is 278 g/mol. The van der Waals surface area contributed by atoms with Gasteiger partial charge in [0.2, 0.25) is 0 Å². The summed E-state index contributed by atoms with van der Waals surface area (Å²) in [5.74, 6) is 0.761. The van der Waals surface area contributed by atoms with Crippen LogP contribution >= 0.6 is 11.6 Å². The van der Waals surface area contributed by atoms with Crippen molar-refractivity contribution >= 4 is 17.5 Å². The van der Waals surface area contributed by atoms with Crippen LogP contribution in [0.25, 0.3) is 0 Å². The minimum Gasteiger partial charge on any atom is -0.335 e. The van der Waals surface area contributed by atoms with E-state index >= 15 is 0 Å². The second-order valence-electron chi connectivity index (χ2n) is 5.59. The Balaban J connectivity index is 1.84. The van der Waals surface area contributed by atoms with Gasteiger partial charge in [0.05, 0.1) is 5.56 Å². The van der Waals surface area contributed by atoms with Crippen LogP contribution in [0.3, 0.4) is 0 Å². The third-order valence-corrected chi connectivity index (χ3v) is 4.79. The summed E-state index contributed by atoms with van der Waals surface area (Å²) in [6.45, 7) is 0.866. The molecule has 2 fully saturated rings. The van der Waals surface area contributed by atoms with Gasteiger partial charge in [0.25, 0.3) is 5.91 Å². The Hall–Kier alpha value is -1.09. The zero-order valence-electron chi connectivity index (χ0n) is 11.0. The lowest BCUT2D eigenvalue weighted by molar-refractivity contribution is 0.0390. The number of amides is 1. The van der Waals surface area contributed by atoms with E-state index in [1.807, 2.05) is 0 Å². The maximum absolute atomic E-state index is 12.7. The number of hydrogen-bond donors (Lipinski definition) is 0. The molecule has 1 aliphatic carbocycles. The predicted octanol–water partition coefficient (Wildman–Crippen LogP) is 3.53. The van der Waals surface area contributed by atoms with Gasteiger partial charge >= 0.3 is 0 Å². The Morgan fingerprint density at radius 2 is 2.05 bits per heavy atom. The molecule has 0 radical (unpaired) electrons. The summed E-state index contributed by atoms with van der Waals surface area (Å²) in [6.07, 6.45) is 8.99. The molecule has 0 unspecified atom stereocenters. The molecule has 19 heavy (non-hydrogen) atoms. The van der Waals surface area contributed by atoms with Crippen LogP contribution in [0.4, 0.5) is 0 Å². The van der Waals surface area contributed by atoms with Gasteiger partial charge in [-0.25, -0.2) is 4.98 Å². The molecular weight excluding hydrogens is 260 g/mol. The summed E-state index contributed by atoms with van der Waals surface area (Å²) in [7, 11) is 0. The Morgan fingerprint density at radius 3 is 2.89 bits per heavy atom. The molecule has 0 aromatic carbocycles. The first kappa shape index (κ1) is 12.9. The molecule has 2 atom stereocenters. The largest absolute Gasteiger partial charge is 0.335 e. The number of rotatable bonds is 1. The lowest BCUT2D eigenvalue weighted by Gasteiger charge is -2.44. The maximum Gasteiger partial charge on any atom is 0.257 e. The van der Waals surface area contributed by atoms with E-state index in [1.54, 1.807) is 18.3 Å². The third kappa shape index (κ3) is 2.48. The van der Waals surface area contributed by atoms with E-state index < -0.39 is 0 Å². The molecule has 1 amide bonds. The fraction of sp³-hybridized carbons (Fsp3) is 0.600. The SMILES string of the molecule is O=C(c1cccnc1Cl)N1CCC[C@H]2CCCC[C@H]21. The molecule has 2 aliphatic rings. The number of piperidine rings is 1. The number of fused-ring (bicyclic) bond motifs is 1. The average Bonchev–Trinajstić information content (AvgIpc) is 2.46. The molecule has 1 saturated carbocycles. The summed E-state index contributed by atoms with van der Waals surface area (Å²) in [4.78, 5) is 18.7. The second kappa shape index (κ2) is 5.49. The first-order valence-electron chi connectivity index (χ1n) is 7.19. The molecule has 3 nitrogen and oxygen atoms in total. The Bertz CT molecular complexity index is 475. The van der Waals surface area contributed by atoms with Crippen LogP contribution in [0.2, 0.25) is 5.15 Å². The highest BCUT2D eigenvalue weighted by atomic mass is 35.5. The molecule has 1 saturated heterocycles. The van der Waals surface area contributed by atoms with Gasteiger partial charge in [-0.3, -0.25) is 4.79 Å². The van der Waals surface area contributed by atoms with Crippen LogP contribution in [0.15, 0.2) is 18.3 Å². The number of carbonyl (C=O) groups excluding carboxylic acids is 1. The molecule has 3 rings (SSSR count). The van der Waals surface area contributed by atoms with E-state index in [4.69, 9.17) is 11.6 Å². The second-order valence-corrected chi connectivity index (χ2v) is 5.95. The Kier molecular flexibility index (Phi) is 3.74. The summed E-state index contributed by atoms with van der Waals surface area (Å²) in [6, 6.07) is 3.98. The van der Waals surface area contributed by atoms with Crippen LogP contribution in [0, 0.1) is 5.92 Å². The highest BCUT2D eigenvalue weighted by molar-refractivity contribution is 6.32. The van der Waals surface area contributed by atoms with Crippen LogP contribution in [-0.4, -0.2) is 28.4 Å². The topological polar surface area (TPSA) is 33.2 Å². The van der Waals surface area contributed by atoms with E-state index in [2.05, 4.69) is 9.88 Å². The van der Waals surface area contributed by atoms with Crippen LogP contribution < -0.4 is 0 Å². The van der Waals surface area contributed by atoms with Crippen LogP contribution in [-0.2, 0) is 0 Å². The third-order valence-electron chi connectivity index (χ3n) is 4.49. The lowest BCUT2D eigenvalue weighted by atomic mass is 9.78. The van der Waals surface area contributed by atoms with Crippen LogP contribution in [0.5, 0.6) is 0 Å². The molecule has 2 heterocycles. The average molecular weight is 279 g/mol. The quantitative estimate of drug-likeness (QED) is 0.736. The number of aromatic nitrogens is 1. The van der Waals surface area contributed by atoms with Crippen molar-refractivity contribution < 1.29 is 4.79 Å². The molecule has 1 aromatic heterocycles. The highest BCUT2D eigenvalue weighted by Crippen LogP contribution is 2.36. The molecular formula is C15H19ClN2O. The van der Waals surface area contributed by atoms with Crippen molar-refractivity contribution in [3.63, 3.8) is 0 Å². The highest BCUT2D eigenvalue weighted by Gasteiger charge is 2.36. The lowest BCUT2D eigenvalue weighted by Crippen LogP contribution is -2.49. The first-order valence-corrected chi connectivity index (χ1v) is 7.56. The van der Waals surface area contributed by atoms with Gasteiger partial charge < -0.3 is 4.90 Å². The van der Waals surface area contributed by atoms with E-state index in [0.29, 0.717) is 22.7 Å². The number of hydrogen-bond acceptors (Lipinski definition) is 2. The number of pyridine rings is 1. The van der Waals surface area contributed by atoms with Gasteiger partial charge in [0.1, 0.15) is 5.15 Å². The van der Waals surface area contributed by atoms with Gasteiger partial charge in [-0.05, 0) is 43.7 Å². The maximum atomic E-state index is 12.7. The molecule has 4 heteroatoms. The predicted molar refractivity (Wildman–Crippen MR) is 75.3 cm³/mol. The normalized spacial score (nSPS) is 26.9. The van der Waals surface area contributed by atoms with E-state index in [1.165, 1.54) is 25.7 Å². The van der Waals surface area contributed by atoms with Gasteiger partial charge in [-0.15, -0.1) is 0 Å².